The van der Waals surface area contributed by atoms with Gasteiger partial charge in [-0.05, 0) is 13.0 Å². The third kappa shape index (κ3) is 3.41. The van der Waals surface area contributed by atoms with Crippen LogP contribution < -0.4 is 5.32 Å². The summed E-state index contributed by atoms with van der Waals surface area (Å²) in [4.78, 5) is 27.1. The summed E-state index contributed by atoms with van der Waals surface area (Å²) in [6.45, 7) is 4.54. The third-order valence-electron chi connectivity index (χ3n) is 3.10. The molecule has 0 radical (unpaired) electrons. The molecule has 0 aromatic carbocycles. The van der Waals surface area contributed by atoms with Crippen LogP contribution in [0.1, 0.15) is 6.42 Å². The van der Waals surface area contributed by atoms with Crippen LogP contribution in [0.2, 0.25) is 0 Å². The van der Waals surface area contributed by atoms with Crippen LogP contribution in [0.4, 0.5) is 0 Å². The van der Waals surface area contributed by atoms with Crippen LogP contribution in [0.3, 0.4) is 0 Å². The van der Waals surface area contributed by atoms with Gasteiger partial charge in [0, 0.05) is 19.6 Å². The van der Waals surface area contributed by atoms with E-state index in [-0.39, 0.29) is 18.4 Å². The van der Waals surface area contributed by atoms with Crippen molar-refractivity contribution in [3.05, 3.63) is 0 Å². The minimum Gasteiger partial charge on any atom is -0.378 e. The zero-order chi connectivity index (χ0) is 12.1. The zero-order valence-corrected chi connectivity index (χ0v) is 9.98. The Kier molecular flexibility index (Phi) is 4.33. The van der Waals surface area contributed by atoms with E-state index in [1.807, 2.05) is 0 Å². The highest BCUT2D eigenvalue weighted by molar-refractivity contribution is 5.85. The maximum absolute atomic E-state index is 12.0. The van der Waals surface area contributed by atoms with E-state index >= 15 is 0 Å². The molecule has 0 unspecified atom stereocenters. The molecule has 0 spiro atoms. The van der Waals surface area contributed by atoms with E-state index in [0.29, 0.717) is 39.4 Å². The molecule has 0 bridgehead atoms. The second-order valence-electron chi connectivity index (χ2n) is 4.34. The van der Waals surface area contributed by atoms with Crippen LogP contribution in [0.5, 0.6) is 0 Å². The van der Waals surface area contributed by atoms with Gasteiger partial charge in [-0.15, -0.1) is 0 Å². The summed E-state index contributed by atoms with van der Waals surface area (Å²) in [5.74, 6) is 0.0488. The fraction of sp³-hybridized carbons (Fsp3) is 0.818. The third-order valence-corrected chi connectivity index (χ3v) is 3.10. The molecule has 0 saturated carbocycles. The molecule has 96 valence electrons. The Morgan fingerprint density at radius 1 is 1.29 bits per heavy atom. The molecule has 0 atom stereocenters. The van der Waals surface area contributed by atoms with Crippen molar-refractivity contribution in [2.75, 3.05) is 52.5 Å². The highest BCUT2D eigenvalue weighted by Crippen LogP contribution is 2.02. The van der Waals surface area contributed by atoms with Gasteiger partial charge in [0.15, 0.2) is 0 Å². The van der Waals surface area contributed by atoms with E-state index in [9.17, 15) is 9.59 Å². The van der Waals surface area contributed by atoms with Crippen molar-refractivity contribution in [3.63, 3.8) is 0 Å². The number of carbonyl (C=O) groups is 2. The number of nitrogens with one attached hydrogen (secondary N) is 1. The highest BCUT2D eigenvalue weighted by Gasteiger charge is 2.23. The Morgan fingerprint density at radius 3 is 2.82 bits per heavy atom. The normalized spacial score (nSPS) is 22.5. The second kappa shape index (κ2) is 5.97. The summed E-state index contributed by atoms with van der Waals surface area (Å²) < 4.78 is 5.20. The summed E-state index contributed by atoms with van der Waals surface area (Å²) in [6.07, 6.45) is 0.905. The Hall–Kier alpha value is -1.14. The number of hydrogen-bond acceptors (Lipinski definition) is 4. The quantitative estimate of drug-likeness (QED) is 0.650. The lowest BCUT2D eigenvalue weighted by molar-refractivity contribution is -0.142. The van der Waals surface area contributed by atoms with Gasteiger partial charge in [0.05, 0.1) is 26.3 Å². The summed E-state index contributed by atoms with van der Waals surface area (Å²) >= 11 is 0. The van der Waals surface area contributed by atoms with Crippen molar-refractivity contribution in [1.82, 2.24) is 15.1 Å². The number of ether oxygens (including phenoxy) is 1. The number of morpholine rings is 1. The number of carbonyl (C=O) groups excluding carboxylic acids is 2. The van der Waals surface area contributed by atoms with Crippen LogP contribution in [0.15, 0.2) is 0 Å². The van der Waals surface area contributed by atoms with Crippen LogP contribution in [-0.4, -0.2) is 74.1 Å². The molecule has 2 rings (SSSR count). The predicted octanol–water partition coefficient (Wildman–Crippen LogP) is -1.33. The minimum atomic E-state index is 0.0177. The van der Waals surface area contributed by atoms with Gasteiger partial charge >= 0.3 is 0 Å². The Bertz CT molecular complexity index is 290. The van der Waals surface area contributed by atoms with Gasteiger partial charge in [-0.2, -0.15) is 0 Å². The van der Waals surface area contributed by atoms with E-state index in [1.165, 1.54) is 0 Å². The molecule has 2 aliphatic rings. The Morgan fingerprint density at radius 2 is 2.06 bits per heavy atom. The fourth-order valence-electron chi connectivity index (χ4n) is 2.07. The lowest BCUT2D eigenvalue weighted by Crippen LogP contribution is -2.47. The second-order valence-corrected chi connectivity index (χ2v) is 4.34. The van der Waals surface area contributed by atoms with Crippen molar-refractivity contribution < 1.29 is 14.3 Å². The first kappa shape index (κ1) is 12.3. The molecular weight excluding hydrogens is 222 g/mol. The van der Waals surface area contributed by atoms with E-state index in [0.717, 1.165) is 13.0 Å². The van der Waals surface area contributed by atoms with Gasteiger partial charge in [0.2, 0.25) is 11.8 Å². The standard InChI is InChI=1S/C11H19N3O3/c15-10-8-12-2-1-3-14(10)9-11(16)13-4-6-17-7-5-13/h12H,1-9H2. The van der Waals surface area contributed by atoms with Gasteiger partial charge in [0.25, 0.3) is 0 Å². The largest absolute Gasteiger partial charge is 0.378 e. The average Bonchev–Trinajstić information content (AvgIpc) is 2.56. The van der Waals surface area contributed by atoms with Crippen molar-refractivity contribution in [2.24, 2.45) is 0 Å². The van der Waals surface area contributed by atoms with E-state index in [4.69, 9.17) is 4.74 Å². The van der Waals surface area contributed by atoms with Crippen molar-refractivity contribution >= 4 is 11.8 Å². The predicted molar refractivity (Wildman–Crippen MR) is 61.5 cm³/mol. The number of nitrogens with zero attached hydrogens (tertiary/aromatic N) is 2. The minimum absolute atomic E-state index is 0.0177. The maximum atomic E-state index is 12.0. The molecule has 2 heterocycles. The van der Waals surface area contributed by atoms with Crippen LogP contribution in [-0.2, 0) is 14.3 Å². The van der Waals surface area contributed by atoms with Gasteiger partial charge in [-0.3, -0.25) is 9.59 Å². The average molecular weight is 241 g/mol. The van der Waals surface area contributed by atoms with Gasteiger partial charge in [0.1, 0.15) is 0 Å². The summed E-state index contributed by atoms with van der Waals surface area (Å²) in [6, 6.07) is 0. The van der Waals surface area contributed by atoms with Gasteiger partial charge in [-0.25, -0.2) is 0 Å². The summed E-state index contributed by atoms with van der Waals surface area (Å²) in [7, 11) is 0. The molecular formula is C11H19N3O3. The van der Waals surface area contributed by atoms with E-state index < -0.39 is 0 Å². The van der Waals surface area contributed by atoms with Crippen LogP contribution >= 0.6 is 0 Å². The van der Waals surface area contributed by atoms with Crippen molar-refractivity contribution in [1.29, 1.82) is 0 Å². The molecule has 2 amide bonds. The van der Waals surface area contributed by atoms with Gasteiger partial charge < -0.3 is 19.9 Å². The molecule has 1 N–H and O–H groups in total. The smallest absolute Gasteiger partial charge is 0.242 e. The monoisotopic (exact) mass is 241 g/mol. The highest BCUT2D eigenvalue weighted by atomic mass is 16.5. The SMILES string of the molecule is O=C(CN1CCCNCC1=O)N1CCOCC1. The number of rotatable bonds is 2. The lowest BCUT2D eigenvalue weighted by Gasteiger charge is -2.29. The van der Waals surface area contributed by atoms with Crippen molar-refractivity contribution in [3.8, 4) is 0 Å². The van der Waals surface area contributed by atoms with E-state index in [2.05, 4.69) is 5.32 Å². The maximum Gasteiger partial charge on any atom is 0.242 e. The molecule has 0 aliphatic carbocycles. The summed E-state index contributed by atoms with van der Waals surface area (Å²) in [5.41, 5.74) is 0. The first-order valence-electron chi connectivity index (χ1n) is 6.11. The molecule has 0 aromatic heterocycles. The topological polar surface area (TPSA) is 61.9 Å². The van der Waals surface area contributed by atoms with Crippen molar-refractivity contribution in [2.45, 2.75) is 6.42 Å². The van der Waals surface area contributed by atoms with E-state index in [1.54, 1.807) is 9.80 Å². The molecule has 6 heteroatoms. The molecule has 2 aliphatic heterocycles. The lowest BCUT2D eigenvalue weighted by atomic mass is 10.3. The molecule has 2 fully saturated rings. The van der Waals surface area contributed by atoms with Crippen LogP contribution in [0, 0.1) is 0 Å². The molecule has 6 nitrogen and oxygen atoms in total. The first-order chi connectivity index (χ1) is 8.27. The molecule has 17 heavy (non-hydrogen) atoms. The fourth-order valence-corrected chi connectivity index (χ4v) is 2.07. The first-order valence-corrected chi connectivity index (χ1v) is 6.11. The number of hydrogen-bond donors (Lipinski definition) is 1. The molecule has 0 aromatic rings. The Balaban J connectivity index is 1.85. The molecule has 2 saturated heterocycles. The van der Waals surface area contributed by atoms with Crippen LogP contribution in [0.25, 0.3) is 0 Å². The zero-order valence-electron chi connectivity index (χ0n) is 9.98. The Labute approximate surface area is 101 Å². The van der Waals surface area contributed by atoms with Gasteiger partial charge in [-0.1, -0.05) is 0 Å². The summed E-state index contributed by atoms with van der Waals surface area (Å²) in [5, 5.41) is 3.04. The number of amides is 2.